The molecular formula is C18H22N12O3S3. The molecule has 5 heterocycles. The highest BCUT2D eigenvalue weighted by Gasteiger charge is 2.53. The van der Waals surface area contributed by atoms with E-state index in [9.17, 15) is 14.7 Å². The number of anilines is 1. The van der Waals surface area contributed by atoms with Crippen molar-refractivity contribution in [3.63, 3.8) is 0 Å². The lowest BCUT2D eigenvalue weighted by Gasteiger charge is -2.49. The molecule has 5 rings (SSSR count). The van der Waals surface area contributed by atoms with Crippen LogP contribution in [0.3, 0.4) is 0 Å². The molecule has 36 heavy (non-hydrogen) atoms. The highest BCUT2D eigenvalue weighted by molar-refractivity contribution is 8.01. The minimum absolute atomic E-state index is 0.0418. The molecular weight excluding hydrogens is 528 g/mol. The normalized spacial score (nSPS) is 19.4. The fourth-order valence-corrected chi connectivity index (χ4v) is 6.89. The Kier molecular flexibility index (Phi) is 7.15. The predicted octanol–water partition coefficient (Wildman–Crippen LogP) is 0.00820. The van der Waals surface area contributed by atoms with Crippen LogP contribution in [0.5, 0.6) is 0 Å². The lowest BCUT2D eigenvalue weighted by atomic mass is 10.0. The Bertz CT molecular complexity index is 1300. The van der Waals surface area contributed by atoms with Crippen LogP contribution in [0.25, 0.3) is 0 Å². The number of thioether (sulfide) groups is 3. The van der Waals surface area contributed by atoms with Crippen molar-refractivity contribution in [3.05, 3.63) is 23.2 Å². The van der Waals surface area contributed by atoms with Crippen molar-refractivity contribution < 1.29 is 14.7 Å². The molecule has 2 aliphatic rings. The number of carboxylic acids is 1. The molecule has 3 aromatic rings. The second-order valence-electron chi connectivity index (χ2n) is 7.96. The molecule has 1 saturated heterocycles. The van der Waals surface area contributed by atoms with Gasteiger partial charge in [0.15, 0.2) is 0 Å². The van der Waals surface area contributed by atoms with Crippen LogP contribution >= 0.6 is 35.3 Å². The number of imidazole rings is 1. The molecule has 15 nitrogen and oxygen atoms in total. The number of β-lactam (4-membered cyclic amide) rings is 1. The van der Waals surface area contributed by atoms with E-state index in [1.165, 1.54) is 33.1 Å². The van der Waals surface area contributed by atoms with Crippen molar-refractivity contribution >= 4 is 53.1 Å². The van der Waals surface area contributed by atoms with Crippen LogP contribution in [-0.4, -0.2) is 101 Å². The molecule has 3 N–H and O–H groups in total. The van der Waals surface area contributed by atoms with Crippen LogP contribution in [0, 0.1) is 0 Å². The number of H-pyrrole nitrogens is 1. The van der Waals surface area contributed by atoms with E-state index in [0.717, 1.165) is 29.4 Å². The van der Waals surface area contributed by atoms with Gasteiger partial charge in [-0.15, -0.1) is 22.0 Å². The Morgan fingerprint density at radius 3 is 2.61 bits per heavy atom. The molecule has 0 aromatic carbocycles. The number of carbonyl (C=O) groups excluding carboxylic acids is 1. The molecule has 1 amide bonds. The van der Waals surface area contributed by atoms with Crippen LogP contribution in [0.2, 0.25) is 0 Å². The summed E-state index contributed by atoms with van der Waals surface area (Å²) in [5.41, 5.74) is 1.65. The number of aliphatic carboxylic acids is 1. The maximum Gasteiger partial charge on any atom is 0.352 e. The van der Waals surface area contributed by atoms with Crippen molar-refractivity contribution in [2.75, 3.05) is 22.6 Å². The Morgan fingerprint density at radius 1 is 1.22 bits per heavy atom. The number of aromatic nitrogens is 10. The minimum Gasteiger partial charge on any atom is -0.477 e. The largest absolute Gasteiger partial charge is 0.477 e. The lowest BCUT2D eigenvalue weighted by molar-refractivity contribution is -0.147. The van der Waals surface area contributed by atoms with Gasteiger partial charge in [-0.05, 0) is 39.3 Å². The molecule has 1 fully saturated rings. The monoisotopic (exact) mass is 550 g/mol. The van der Waals surface area contributed by atoms with E-state index in [2.05, 4.69) is 46.3 Å². The van der Waals surface area contributed by atoms with Crippen LogP contribution in [0.1, 0.15) is 12.1 Å². The van der Waals surface area contributed by atoms with Gasteiger partial charge in [-0.2, -0.15) is 0 Å². The summed E-state index contributed by atoms with van der Waals surface area (Å²) in [5.74, 6) is 0.806. The number of hydrogen-bond acceptors (Lipinski definition) is 13. The Labute approximate surface area is 217 Å². The molecule has 18 heteroatoms. The van der Waals surface area contributed by atoms with Gasteiger partial charge in [0.25, 0.3) is 5.91 Å². The van der Waals surface area contributed by atoms with Gasteiger partial charge in [0.1, 0.15) is 17.1 Å². The SMILES string of the molecule is Cn1nnnc1SCCCc1cnc(NC2C(=O)N3C(C(=O)O)=C(CSc4nnnn4C)CS[C@@H]23)[nH]1. The Morgan fingerprint density at radius 2 is 1.94 bits per heavy atom. The molecule has 2 aliphatic heterocycles. The van der Waals surface area contributed by atoms with Gasteiger partial charge in [0, 0.05) is 37.0 Å². The van der Waals surface area contributed by atoms with E-state index in [0.29, 0.717) is 28.2 Å². The maximum atomic E-state index is 13.0. The number of fused-ring (bicyclic) bond motifs is 1. The number of tetrazole rings is 2. The predicted molar refractivity (Wildman–Crippen MR) is 131 cm³/mol. The van der Waals surface area contributed by atoms with Crippen molar-refractivity contribution in [2.45, 2.75) is 34.6 Å². The number of carboxylic acid groups (broad SMARTS) is 1. The summed E-state index contributed by atoms with van der Waals surface area (Å²) in [6.45, 7) is 0. The molecule has 0 radical (unpaired) electrons. The Hall–Kier alpha value is -3.12. The highest BCUT2D eigenvalue weighted by Crippen LogP contribution is 2.42. The fraction of sp³-hybridized carbons (Fsp3) is 0.500. The fourth-order valence-electron chi connectivity index (χ4n) is 3.77. The third kappa shape index (κ3) is 4.92. The van der Waals surface area contributed by atoms with Crippen molar-refractivity contribution in [2.24, 2.45) is 14.1 Å². The van der Waals surface area contributed by atoms with Gasteiger partial charge >= 0.3 is 5.97 Å². The topological polar surface area (TPSA) is 186 Å². The first-order valence-electron chi connectivity index (χ1n) is 10.8. The summed E-state index contributed by atoms with van der Waals surface area (Å²) < 4.78 is 3.15. The average molecular weight is 551 g/mol. The number of rotatable bonds is 11. The number of aryl methyl sites for hydroxylation is 3. The smallest absolute Gasteiger partial charge is 0.352 e. The zero-order valence-corrected chi connectivity index (χ0v) is 21.7. The minimum atomic E-state index is -1.12. The van der Waals surface area contributed by atoms with Crippen LogP contribution < -0.4 is 5.32 Å². The first-order chi connectivity index (χ1) is 17.4. The van der Waals surface area contributed by atoms with Gasteiger partial charge in [-0.3, -0.25) is 9.69 Å². The Balaban J connectivity index is 1.16. The third-order valence-corrected chi connectivity index (χ3v) is 9.06. The third-order valence-electron chi connectivity index (χ3n) is 5.53. The van der Waals surface area contributed by atoms with Crippen molar-refractivity contribution in [1.29, 1.82) is 0 Å². The van der Waals surface area contributed by atoms with E-state index in [4.69, 9.17) is 0 Å². The van der Waals surface area contributed by atoms with E-state index in [1.54, 1.807) is 36.7 Å². The van der Waals surface area contributed by atoms with E-state index < -0.39 is 12.0 Å². The zero-order valence-electron chi connectivity index (χ0n) is 19.2. The van der Waals surface area contributed by atoms with E-state index >= 15 is 0 Å². The van der Waals surface area contributed by atoms with Gasteiger partial charge in [-0.25, -0.2) is 19.1 Å². The van der Waals surface area contributed by atoms with Gasteiger partial charge < -0.3 is 15.4 Å². The van der Waals surface area contributed by atoms with Crippen molar-refractivity contribution in [1.82, 2.24) is 55.3 Å². The number of nitrogens with one attached hydrogen (secondary N) is 2. The molecule has 1 unspecified atom stereocenters. The summed E-state index contributed by atoms with van der Waals surface area (Å²) in [6.07, 6.45) is 3.42. The number of aromatic amines is 1. The van der Waals surface area contributed by atoms with Gasteiger partial charge in [0.05, 0.1) is 6.20 Å². The number of carbonyl (C=O) groups is 2. The molecule has 0 aliphatic carbocycles. The van der Waals surface area contributed by atoms with Gasteiger partial charge in [0.2, 0.25) is 16.3 Å². The summed E-state index contributed by atoms with van der Waals surface area (Å²) in [4.78, 5) is 33.9. The average Bonchev–Trinajstić information content (AvgIpc) is 3.60. The number of hydrogen-bond donors (Lipinski definition) is 3. The second-order valence-corrected chi connectivity index (χ2v) is 11.1. The maximum absolute atomic E-state index is 13.0. The van der Waals surface area contributed by atoms with Crippen LogP contribution in [-0.2, 0) is 30.1 Å². The molecule has 0 bridgehead atoms. The summed E-state index contributed by atoms with van der Waals surface area (Å²) in [7, 11) is 3.52. The summed E-state index contributed by atoms with van der Waals surface area (Å²) in [6, 6.07) is -0.556. The van der Waals surface area contributed by atoms with Gasteiger partial charge in [-0.1, -0.05) is 23.5 Å². The highest BCUT2D eigenvalue weighted by atomic mass is 32.2. The summed E-state index contributed by atoms with van der Waals surface area (Å²) in [5, 5.41) is 36.7. The number of nitrogens with zero attached hydrogens (tertiary/aromatic N) is 10. The second kappa shape index (κ2) is 10.5. The lowest BCUT2D eigenvalue weighted by Crippen LogP contribution is -2.67. The van der Waals surface area contributed by atoms with Crippen LogP contribution in [0.4, 0.5) is 5.95 Å². The first kappa shape index (κ1) is 24.6. The first-order valence-corrected chi connectivity index (χ1v) is 13.8. The zero-order chi connectivity index (χ0) is 25.2. The van der Waals surface area contributed by atoms with Crippen LogP contribution in [0.15, 0.2) is 27.8 Å². The number of amides is 1. The molecule has 0 saturated carbocycles. The van der Waals surface area contributed by atoms with Crippen molar-refractivity contribution in [3.8, 4) is 0 Å². The molecule has 2 atom stereocenters. The van der Waals surface area contributed by atoms with E-state index in [-0.39, 0.29) is 17.0 Å². The summed E-state index contributed by atoms with van der Waals surface area (Å²) >= 11 is 4.44. The quantitative estimate of drug-likeness (QED) is 0.165. The standard InChI is InChI=1S/C18H22N12O3S3/c1-28-17(22-24-26-28)34-5-3-4-10-6-19-16(20-10)21-11-13(31)30-12(15(32)33)9(7-35-14(11)30)8-36-18-23-25-27-29(18)2/h6,11,14H,3-5,7-8H2,1-2H3,(H,32,33)(H2,19,20,21)/t11?,14-/m0/s1. The molecule has 3 aromatic heterocycles. The molecule has 0 spiro atoms. The van der Waals surface area contributed by atoms with E-state index in [1.807, 2.05) is 0 Å². The molecule has 190 valence electrons.